The number of carbonyl (C=O) groups is 2. The largest absolute Gasteiger partial charge is 0.496 e. The third-order valence-corrected chi connectivity index (χ3v) is 5.81. The van der Waals surface area contributed by atoms with E-state index in [4.69, 9.17) is 14.2 Å². The first-order valence-corrected chi connectivity index (χ1v) is 10.1. The number of benzene rings is 1. The van der Waals surface area contributed by atoms with E-state index in [1.54, 1.807) is 26.2 Å². The Balaban J connectivity index is 1.59. The molecular weight excluding hydrogens is 374 g/mol. The maximum Gasteiger partial charge on any atom is 0.228 e. The molecule has 2 heterocycles. The summed E-state index contributed by atoms with van der Waals surface area (Å²) >= 11 is 0. The number of ether oxygens (including phenoxy) is 3. The van der Waals surface area contributed by atoms with E-state index in [0.29, 0.717) is 50.6 Å². The molecule has 8 heteroatoms. The van der Waals surface area contributed by atoms with Crippen molar-refractivity contribution in [2.75, 3.05) is 60.6 Å². The van der Waals surface area contributed by atoms with E-state index in [-0.39, 0.29) is 17.7 Å². The van der Waals surface area contributed by atoms with Crippen molar-refractivity contribution < 1.29 is 23.8 Å². The van der Waals surface area contributed by atoms with Gasteiger partial charge in [0.1, 0.15) is 5.75 Å². The van der Waals surface area contributed by atoms with Crippen LogP contribution in [0.2, 0.25) is 0 Å². The minimum atomic E-state index is -0.194. The highest BCUT2D eigenvalue weighted by Gasteiger charge is 2.36. The third kappa shape index (κ3) is 4.58. The van der Waals surface area contributed by atoms with Crippen LogP contribution >= 0.6 is 0 Å². The van der Waals surface area contributed by atoms with E-state index in [9.17, 15) is 9.59 Å². The molecule has 1 atom stereocenters. The predicted octanol–water partition coefficient (Wildman–Crippen LogP) is 1.23. The summed E-state index contributed by atoms with van der Waals surface area (Å²) in [7, 11) is 4.86. The third-order valence-electron chi connectivity index (χ3n) is 5.81. The maximum absolute atomic E-state index is 12.8. The fourth-order valence-electron chi connectivity index (χ4n) is 4.08. The molecule has 2 amide bonds. The van der Waals surface area contributed by atoms with Crippen LogP contribution in [0.25, 0.3) is 0 Å². The lowest BCUT2D eigenvalue weighted by Crippen LogP contribution is -2.50. The van der Waals surface area contributed by atoms with E-state index in [1.165, 1.54) is 0 Å². The molecule has 2 aliphatic heterocycles. The molecule has 0 aromatic heterocycles. The van der Waals surface area contributed by atoms with Crippen molar-refractivity contribution in [3.63, 3.8) is 0 Å². The van der Waals surface area contributed by atoms with E-state index in [2.05, 4.69) is 4.90 Å². The van der Waals surface area contributed by atoms with Crippen LogP contribution in [0.3, 0.4) is 0 Å². The minimum absolute atomic E-state index is 0.0880. The van der Waals surface area contributed by atoms with Gasteiger partial charge < -0.3 is 24.0 Å². The molecule has 1 aromatic carbocycles. The first-order valence-electron chi connectivity index (χ1n) is 10.1. The standard InChI is InChI=1S/C21H31N3O5/c1-5-23-14-16(11-20(23)25)21(26)24-8-6-22(7-9-24)13-15-10-18(28-3)19(29-4)12-17(15)27-2/h10,12,16H,5-9,11,13-14H2,1-4H3. The highest BCUT2D eigenvalue weighted by Crippen LogP contribution is 2.35. The second-order valence-corrected chi connectivity index (χ2v) is 7.45. The number of rotatable bonds is 7. The zero-order valence-corrected chi connectivity index (χ0v) is 17.8. The molecule has 2 fully saturated rings. The van der Waals surface area contributed by atoms with Gasteiger partial charge in [-0.05, 0) is 13.0 Å². The topological polar surface area (TPSA) is 71.6 Å². The molecule has 160 valence electrons. The van der Waals surface area contributed by atoms with Gasteiger partial charge in [-0.3, -0.25) is 14.5 Å². The fourth-order valence-corrected chi connectivity index (χ4v) is 4.08. The molecule has 1 aromatic rings. The lowest BCUT2D eigenvalue weighted by Gasteiger charge is -2.36. The maximum atomic E-state index is 12.8. The molecule has 0 spiro atoms. The molecule has 0 N–H and O–H groups in total. The number of amides is 2. The van der Waals surface area contributed by atoms with Crippen molar-refractivity contribution in [1.29, 1.82) is 0 Å². The molecule has 8 nitrogen and oxygen atoms in total. The average Bonchev–Trinajstić information content (AvgIpc) is 3.14. The van der Waals surface area contributed by atoms with Crippen LogP contribution in [0.1, 0.15) is 18.9 Å². The van der Waals surface area contributed by atoms with Crippen LogP contribution in [-0.2, 0) is 16.1 Å². The number of nitrogens with zero attached hydrogens (tertiary/aromatic N) is 3. The first-order chi connectivity index (χ1) is 14.0. The van der Waals surface area contributed by atoms with E-state index in [0.717, 1.165) is 24.4 Å². The quantitative estimate of drug-likeness (QED) is 0.679. The SMILES string of the molecule is CCN1CC(C(=O)N2CCN(Cc3cc(OC)c(OC)cc3OC)CC2)CC1=O. The van der Waals surface area contributed by atoms with Gasteiger partial charge in [0.2, 0.25) is 11.8 Å². The molecule has 29 heavy (non-hydrogen) atoms. The van der Waals surface area contributed by atoms with Crippen LogP contribution in [0.4, 0.5) is 0 Å². The van der Waals surface area contributed by atoms with E-state index in [1.807, 2.05) is 24.0 Å². The lowest BCUT2D eigenvalue weighted by molar-refractivity contribution is -0.137. The van der Waals surface area contributed by atoms with Crippen molar-refractivity contribution in [2.24, 2.45) is 5.92 Å². The number of methoxy groups -OCH3 is 3. The molecule has 1 unspecified atom stereocenters. The Morgan fingerprint density at radius 2 is 1.62 bits per heavy atom. The van der Waals surface area contributed by atoms with Gasteiger partial charge in [0.15, 0.2) is 11.5 Å². The number of hydrogen-bond donors (Lipinski definition) is 0. The Morgan fingerprint density at radius 3 is 2.17 bits per heavy atom. The summed E-state index contributed by atoms with van der Waals surface area (Å²) in [5, 5.41) is 0. The number of hydrogen-bond acceptors (Lipinski definition) is 6. The van der Waals surface area contributed by atoms with Gasteiger partial charge in [-0.25, -0.2) is 0 Å². The van der Waals surface area contributed by atoms with Gasteiger partial charge in [-0.1, -0.05) is 0 Å². The molecule has 3 rings (SSSR count). The van der Waals surface area contributed by atoms with Gasteiger partial charge in [-0.2, -0.15) is 0 Å². The summed E-state index contributed by atoms with van der Waals surface area (Å²) in [6.07, 6.45) is 0.343. The average molecular weight is 405 g/mol. The monoisotopic (exact) mass is 405 g/mol. The Labute approximate surface area is 172 Å². The summed E-state index contributed by atoms with van der Waals surface area (Å²) in [6.45, 7) is 6.78. The van der Waals surface area contributed by atoms with Crippen LogP contribution in [-0.4, -0.2) is 87.1 Å². The van der Waals surface area contributed by atoms with Gasteiger partial charge in [0.25, 0.3) is 0 Å². The van der Waals surface area contributed by atoms with Gasteiger partial charge in [0, 0.05) is 63.9 Å². The van der Waals surface area contributed by atoms with Crippen LogP contribution in [0, 0.1) is 5.92 Å². The van der Waals surface area contributed by atoms with Crippen molar-refractivity contribution in [1.82, 2.24) is 14.7 Å². The Hall–Kier alpha value is -2.48. The summed E-state index contributed by atoms with van der Waals surface area (Å²) < 4.78 is 16.3. The summed E-state index contributed by atoms with van der Waals surface area (Å²) in [5.74, 6) is 2.06. The van der Waals surface area contributed by atoms with Gasteiger partial charge >= 0.3 is 0 Å². The van der Waals surface area contributed by atoms with Crippen molar-refractivity contribution in [3.05, 3.63) is 17.7 Å². The van der Waals surface area contributed by atoms with E-state index < -0.39 is 0 Å². The van der Waals surface area contributed by atoms with Crippen molar-refractivity contribution >= 4 is 11.8 Å². The van der Waals surface area contributed by atoms with Gasteiger partial charge in [0.05, 0.1) is 27.2 Å². The Kier molecular flexibility index (Phi) is 6.84. The molecule has 0 bridgehead atoms. The first kappa shape index (κ1) is 21.2. The lowest BCUT2D eigenvalue weighted by atomic mass is 10.1. The highest BCUT2D eigenvalue weighted by molar-refractivity contribution is 5.89. The number of carbonyl (C=O) groups excluding carboxylic acids is 2. The van der Waals surface area contributed by atoms with Crippen LogP contribution in [0.15, 0.2) is 12.1 Å². The number of piperazine rings is 1. The fraction of sp³-hybridized carbons (Fsp3) is 0.619. The number of likely N-dealkylation sites (tertiary alicyclic amines) is 1. The van der Waals surface area contributed by atoms with E-state index >= 15 is 0 Å². The van der Waals surface area contributed by atoms with Crippen LogP contribution < -0.4 is 14.2 Å². The Bertz CT molecular complexity index is 746. The normalized spacial score (nSPS) is 20.1. The van der Waals surface area contributed by atoms with Crippen LogP contribution in [0.5, 0.6) is 17.2 Å². The molecule has 0 aliphatic carbocycles. The summed E-state index contributed by atoms with van der Waals surface area (Å²) in [6, 6.07) is 3.78. The highest BCUT2D eigenvalue weighted by atomic mass is 16.5. The molecule has 0 radical (unpaired) electrons. The minimum Gasteiger partial charge on any atom is -0.496 e. The molecular formula is C21H31N3O5. The molecule has 0 saturated carbocycles. The molecule has 2 aliphatic rings. The zero-order valence-electron chi connectivity index (χ0n) is 17.8. The van der Waals surface area contributed by atoms with Crippen molar-refractivity contribution in [2.45, 2.75) is 19.9 Å². The second kappa shape index (κ2) is 9.35. The van der Waals surface area contributed by atoms with Crippen molar-refractivity contribution in [3.8, 4) is 17.2 Å². The molecule has 2 saturated heterocycles. The smallest absolute Gasteiger partial charge is 0.228 e. The Morgan fingerprint density at radius 1 is 1.00 bits per heavy atom. The van der Waals surface area contributed by atoms with Gasteiger partial charge in [-0.15, -0.1) is 0 Å². The predicted molar refractivity (Wildman–Crippen MR) is 108 cm³/mol. The second-order valence-electron chi connectivity index (χ2n) is 7.45. The zero-order chi connectivity index (χ0) is 21.0. The summed E-state index contributed by atoms with van der Waals surface area (Å²) in [4.78, 5) is 30.7. The summed E-state index contributed by atoms with van der Waals surface area (Å²) in [5.41, 5.74) is 1.02.